The van der Waals surface area contributed by atoms with Crippen molar-refractivity contribution < 1.29 is 14.3 Å². The van der Waals surface area contributed by atoms with Crippen molar-refractivity contribution in [2.75, 3.05) is 14.2 Å². The number of methoxy groups -OCH3 is 2. The molecular weight excluding hydrogens is 330 g/mol. The van der Waals surface area contributed by atoms with E-state index >= 15 is 0 Å². The topological polar surface area (TPSA) is 65.4 Å². The molecule has 3 rings (SSSR count). The van der Waals surface area contributed by atoms with E-state index in [1.165, 1.54) is 7.11 Å². The molecule has 0 aliphatic carbocycles. The second-order valence-electron chi connectivity index (χ2n) is 5.94. The molecule has 1 aromatic heterocycles. The predicted octanol–water partition coefficient (Wildman–Crippen LogP) is 3.39. The molecule has 3 aromatic rings. The van der Waals surface area contributed by atoms with Crippen molar-refractivity contribution in [1.29, 1.82) is 0 Å². The molecule has 26 heavy (non-hydrogen) atoms. The molecule has 6 nitrogen and oxygen atoms in total. The van der Waals surface area contributed by atoms with E-state index in [0.29, 0.717) is 23.6 Å². The Hall–Kier alpha value is -3.02. The van der Waals surface area contributed by atoms with Crippen LogP contribution in [-0.2, 0) is 13.1 Å². The van der Waals surface area contributed by atoms with Crippen molar-refractivity contribution in [2.45, 2.75) is 26.4 Å². The summed E-state index contributed by atoms with van der Waals surface area (Å²) >= 11 is 0. The van der Waals surface area contributed by atoms with Crippen LogP contribution in [0.5, 0.6) is 11.5 Å². The molecule has 6 heteroatoms. The fourth-order valence-electron chi connectivity index (χ4n) is 2.95. The average molecular weight is 353 g/mol. The van der Waals surface area contributed by atoms with Crippen molar-refractivity contribution in [1.82, 2.24) is 15.1 Å². The molecule has 0 bridgehead atoms. The first kappa shape index (κ1) is 17.8. The molecule has 0 saturated heterocycles. The molecule has 1 amide bonds. The molecule has 0 atom stereocenters. The third-order valence-electron chi connectivity index (χ3n) is 4.24. The number of hydrogen-bond acceptors (Lipinski definition) is 4. The fourth-order valence-corrected chi connectivity index (χ4v) is 2.95. The van der Waals surface area contributed by atoms with Gasteiger partial charge in [-0.3, -0.25) is 9.48 Å². The Bertz CT molecular complexity index is 918. The van der Waals surface area contributed by atoms with Crippen molar-refractivity contribution in [3.05, 3.63) is 53.7 Å². The van der Waals surface area contributed by atoms with Crippen molar-refractivity contribution in [3.63, 3.8) is 0 Å². The monoisotopic (exact) mass is 353 g/mol. The fraction of sp³-hybridized carbons (Fsp3) is 0.300. The third-order valence-corrected chi connectivity index (χ3v) is 4.24. The number of benzene rings is 2. The van der Waals surface area contributed by atoms with E-state index < -0.39 is 0 Å². The highest BCUT2D eigenvalue weighted by Crippen LogP contribution is 2.25. The van der Waals surface area contributed by atoms with Crippen LogP contribution < -0.4 is 14.8 Å². The van der Waals surface area contributed by atoms with Gasteiger partial charge in [0.15, 0.2) is 0 Å². The number of nitrogens with zero attached hydrogens (tertiary/aromatic N) is 2. The number of nitrogens with one attached hydrogen (secondary N) is 1. The molecule has 0 fully saturated rings. The Balaban J connectivity index is 1.81. The van der Waals surface area contributed by atoms with E-state index in [2.05, 4.69) is 23.4 Å². The molecule has 1 N–H and O–H groups in total. The molecular formula is C20H23N3O3. The van der Waals surface area contributed by atoms with E-state index in [4.69, 9.17) is 9.47 Å². The van der Waals surface area contributed by atoms with E-state index in [0.717, 1.165) is 29.6 Å². The summed E-state index contributed by atoms with van der Waals surface area (Å²) in [5, 5.41) is 8.66. The lowest BCUT2D eigenvalue weighted by Crippen LogP contribution is -2.23. The normalized spacial score (nSPS) is 10.7. The second kappa shape index (κ2) is 7.91. The maximum atomic E-state index is 12.6. The highest BCUT2D eigenvalue weighted by molar-refractivity contribution is 5.97. The number of aryl methyl sites for hydroxylation is 1. The second-order valence-corrected chi connectivity index (χ2v) is 5.94. The number of ether oxygens (including phenoxy) is 2. The van der Waals surface area contributed by atoms with Crippen LogP contribution >= 0.6 is 0 Å². The summed E-state index contributed by atoms with van der Waals surface area (Å²) in [5.74, 6) is 0.907. The maximum Gasteiger partial charge on any atom is 0.255 e. The van der Waals surface area contributed by atoms with E-state index in [1.807, 2.05) is 22.9 Å². The number of carbonyl (C=O) groups excluding carboxylic acids is 1. The molecule has 0 radical (unpaired) electrons. The van der Waals surface area contributed by atoms with Gasteiger partial charge >= 0.3 is 0 Å². The number of para-hydroxylation sites is 1. The first-order valence-electron chi connectivity index (χ1n) is 8.62. The van der Waals surface area contributed by atoms with Crippen LogP contribution in [0.25, 0.3) is 10.9 Å². The lowest BCUT2D eigenvalue weighted by molar-refractivity contribution is 0.0947. The van der Waals surface area contributed by atoms with Gasteiger partial charge in [0.2, 0.25) is 0 Å². The summed E-state index contributed by atoms with van der Waals surface area (Å²) in [6.07, 6.45) is 1.00. The number of carbonyl (C=O) groups is 1. The number of rotatable bonds is 7. The van der Waals surface area contributed by atoms with Gasteiger partial charge in [-0.25, -0.2) is 0 Å². The quantitative estimate of drug-likeness (QED) is 0.707. The van der Waals surface area contributed by atoms with Crippen LogP contribution in [0.3, 0.4) is 0 Å². The van der Waals surface area contributed by atoms with Crippen LogP contribution in [0, 0.1) is 0 Å². The first-order chi connectivity index (χ1) is 12.7. The van der Waals surface area contributed by atoms with E-state index in [9.17, 15) is 4.79 Å². The van der Waals surface area contributed by atoms with Crippen molar-refractivity contribution in [3.8, 4) is 11.5 Å². The maximum absolute atomic E-state index is 12.6. The molecule has 1 heterocycles. The zero-order chi connectivity index (χ0) is 18.5. The minimum Gasteiger partial charge on any atom is -0.497 e. The Kier molecular flexibility index (Phi) is 5.41. The van der Waals surface area contributed by atoms with Gasteiger partial charge < -0.3 is 14.8 Å². The summed E-state index contributed by atoms with van der Waals surface area (Å²) in [5.41, 5.74) is 2.40. The van der Waals surface area contributed by atoms with Gasteiger partial charge in [0, 0.05) is 18.0 Å². The third kappa shape index (κ3) is 3.49. The Morgan fingerprint density at radius 2 is 1.96 bits per heavy atom. The van der Waals surface area contributed by atoms with Gasteiger partial charge in [-0.15, -0.1) is 0 Å². The zero-order valence-corrected chi connectivity index (χ0v) is 15.3. The molecule has 0 aliphatic heterocycles. The molecule has 0 spiro atoms. The summed E-state index contributed by atoms with van der Waals surface area (Å²) in [4.78, 5) is 12.6. The largest absolute Gasteiger partial charge is 0.497 e. The first-order valence-corrected chi connectivity index (χ1v) is 8.62. The average Bonchev–Trinajstić information content (AvgIpc) is 3.03. The van der Waals surface area contributed by atoms with E-state index in [1.54, 1.807) is 25.3 Å². The number of aromatic nitrogens is 2. The van der Waals surface area contributed by atoms with Gasteiger partial charge in [-0.05, 0) is 24.6 Å². The van der Waals surface area contributed by atoms with Gasteiger partial charge in [0.25, 0.3) is 5.91 Å². The molecule has 0 unspecified atom stereocenters. The predicted molar refractivity (Wildman–Crippen MR) is 101 cm³/mol. The van der Waals surface area contributed by atoms with Gasteiger partial charge in [0.1, 0.15) is 11.5 Å². The minimum absolute atomic E-state index is 0.210. The highest BCUT2D eigenvalue weighted by atomic mass is 16.5. The molecule has 2 aromatic carbocycles. The highest BCUT2D eigenvalue weighted by Gasteiger charge is 2.15. The smallest absolute Gasteiger partial charge is 0.255 e. The van der Waals surface area contributed by atoms with Crippen molar-refractivity contribution in [2.24, 2.45) is 0 Å². The molecule has 0 aliphatic rings. The van der Waals surface area contributed by atoms with Gasteiger partial charge in [-0.2, -0.15) is 5.10 Å². The summed E-state index contributed by atoms with van der Waals surface area (Å²) < 4.78 is 12.5. The van der Waals surface area contributed by atoms with E-state index in [-0.39, 0.29) is 5.91 Å². The van der Waals surface area contributed by atoms with Crippen LogP contribution in [0.2, 0.25) is 0 Å². The minimum atomic E-state index is -0.210. The Morgan fingerprint density at radius 1 is 1.15 bits per heavy atom. The van der Waals surface area contributed by atoms with Crippen LogP contribution in [0.1, 0.15) is 29.4 Å². The summed E-state index contributed by atoms with van der Waals surface area (Å²) in [6.45, 7) is 3.32. The lowest BCUT2D eigenvalue weighted by Gasteiger charge is -2.10. The van der Waals surface area contributed by atoms with Gasteiger partial charge in [-0.1, -0.05) is 25.1 Å². The Labute approximate surface area is 152 Å². The number of hydrogen-bond donors (Lipinski definition) is 1. The zero-order valence-electron chi connectivity index (χ0n) is 15.3. The molecule has 0 saturated carbocycles. The summed E-state index contributed by atoms with van der Waals surface area (Å²) in [6, 6.07) is 13.2. The van der Waals surface area contributed by atoms with Crippen molar-refractivity contribution >= 4 is 16.8 Å². The van der Waals surface area contributed by atoms with Crippen LogP contribution in [-0.4, -0.2) is 29.9 Å². The lowest BCUT2D eigenvalue weighted by atomic mass is 10.1. The van der Waals surface area contributed by atoms with Crippen LogP contribution in [0.15, 0.2) is 42.5 Å². The standard InChI is InChI=1S/C20H23N3O3/c1-4-11-23-18-8-6-5-7-15(18)17(22-23)13-21-20(24)16-10-9-14(25-2)12-19(16)26-3/h5-10,12H,4,11,13H2,1-3H3,(H,21,24). The number of fused-ring (bicyclic) bond motifs is 1. The van der Waals surface area contributed by atoms with Crippen LogP contribution in [0.4, 0.5) is 0 Å². The number of amides is 1. The van der Waals surface area contributed by atoms with Gasteiger partial charge in [0.05, 0.1) is 37.5 Å². The summed E-state index contributed by atoms with van der Waals surface area (Å²) in [7, 11) is 3.11. The SMILES string of the molecule is CCCn1nc(CNC(=O)c2ccc(OC)cc2OC)c2ccccc21. The Morgan fingerprint density at radius 3 is 2.69 bits per heavy atom. The molecule has 136 valence electrons.